The van der Waals surface area contributed by atoms with Gasteiger partial charge in [0.1, 0.15) is 6.54 Å². The molecule has 0 aliphatic rings. The fourth-order valence-electron chi connectivity index (χ4n) is 1.87. The fourth-order valence-corrected chi connectivity index (χ4v) is 2.48. The normalized spacial score (nSPS) is 10.2. The maximum absolute atomic E-state index is 12.5. The minimum Gasteiger partial charge on any atom is -0.347 e. The predicted molar refractivity (Wildman–Crippen MR) is 83.8 cm³/mol. The predicted octanol–water partition coefficient (Wildman–Crippen LogP) is 2.70. The highest BCUT2D eigenvalue weighted by molar-refractivity contribution is 9.10. The molecule has 0 fully saturated rings. The molecule has 5 heteroatoms. The first kappa shape index (κ1) is 16.7. The summed E-state index contributed by atoms with van der Waals surface area (Å²) in [7, 11) is 3.39. The van der Waals surface area contributed by atoms with E-state index in [0.29, 0.717) is 12.1 Å². The highest BCUT2D eigenvalue weighted by Crippen LogP contribution is 2.17. The van der Waals surface area contributed by atoms with Gasteiger partial charge in [-0.2, -0.15) is 0 Å². The Kier molecular flexibility index (Phi) is 6.20. The van der Waals surface area contributed by atoms with Crippen molar-refractivity contribution in [1.82, 2.24) is 9.80 Å². The fraction of sp³-hybridized carbons (Fsp3) is 0.467. The Bertz CT molecular complexity index is 480. The van der Waals surface area contributed by atoms with E-state index in [1.807, 2.05) is 26.0 Å². The molecule has 0 aliphatic heterocycles. The molecule has 20 heavy (non-hydrogen) atoms. The number of amides is 2. The van der Waals surface area contributed by atoms with Crippen LogP contribution in [0, 0.1) is 6.92 Å². The summed E-state index contributed by atoms with van der Waals surface area (Å²) in [5.74, 6) is -0.176. The van der Waals surface area contributed by atoms with Gasteiger partial charge in [0.2, 0.25) is 5.91 Å². The van der Waals surface area contributed by atoms with E-state index >= 15 is 0 Å². The first-order valence-electron chi connectivity index (χ1n) is 6.61. The van der Waals surface area contributed by atoms with Crippen molar-refractivity contribution >= 4 is 27.7 Å². The Labute approximate surface area is 128 Å². The molecule has 110 valence electrons. The Balaban J connectivity index is 2.95. The molecular weight excluding hydrogens is 320 g/mol. The molecule has 0 atom stereocenters. The quantitative estimate of drug-likeness (QED) is 0.826. The number of carbonyl (C=O) groups is 2. The number of likely N-dealkylation sites (N-methyl/N-ethyl adjacent to an activating group) is 1. The second-order valence-electron chi connectivity index (χ2n) is 5.03. The lowest BCUT2D eigenvalue weighted by Gasteiger charge is -2.23. The van der Waals surface area contributed by atoms with Gasteiger partial charge in [-0.15, -0.1) is 0 Å². The van der Waals surface area contributed by atoms with Crippen molar-refractivity contribution in [2.75, 3.05) is 27.2 Å². The zero-order valence-corrected chi connectivity index (χ0v) is 14.0. The van der Waals surface area contributed by atoms with E-state index in [0.717, 1.165) is 16.5 Å². The van der Waals surface area contributed by atoms with Crippen LogP contribution in [0.3, 0.4) is 0 Å². The number of halogens is 1. The number of benzene rings is 1. The highest BCUT2D eigenvalue weighted by atomic mass is 79.9. The van der Waals surface area contributed by atoms with E-state index in [-0.39, 0.29) is 18.4 Å². The summed E-state index contributed by atoms with van der Waals surface area (Å²) in [4.78, 5) is 27.5. The van der Waals surface area contributed by atoms with Gasteiger partial charge in [0.15, 0.2) is 0 Å². The molecule has 1 aromatic rings. The van der Waals surface area contributed by atoms with E-state index in [4.69, 9.17) is 0 Å². The van der Waals surface area contributed by atoms with E-state index in [2.05, 4.69) is 15.9 Å². The number of hydrogen-bond donors (Lipinski definition) is 0. The topological polar surface area (TPSA) is 40.6 Å². The van der Waals surface area contributed by atoms with Gasteiger partial charge >= 0.3 is 0 Å². The largest absolute Gasteiger partial charge is 0.347 e. The first-order chi connectivity index (χ1) is 9.35. The van der Waals surface area contributed by atoms with Crippen LogP contribution in [0.4, 0.5) is 0 Å². The summed E-state index contributed by atoms with van der Waals surface area (Å²) < 4.78 is 0.872. The van der Waals surface area contributed by atoms with Crippen molar-refractivity contribution in [3.8, 4) is 0 Å². The van der Waals surface area contributed by atoms with Crippen molar-refractivity contribution < 1.29 is 9.59 Å². The molecule has 0 saturated heterocycles. The Morgan fingerprint density at radius 3 is 2.35 bits per heavy atom. The first-order valence-corrected chi connectivity index (χ1v) is 7.41. The zero-order chi connectivity index (χ0) is 15.3. The lowest BCUT2D eigenvalue weighted by Crippen LogP contribution is -2.40. The lowest BCUT2D eigenvalue weighted by molar-refractivity contribution is -0.129. The van der Waals surface area contributed by atoms with Crippen LogP contribution < -0.4 is 0 Å². The van der Waals surface area contributed by atoms with E-state index in [9.17, 15) is 9.59 Å². The molecule has 1 rings (SSSR count). The van der Waals surface area contributed by atoms with Gasteiger partial charge in [0, 0.05) is 30.7 Å². The average Bonchev–Trinajstić information content (AvgIpc) is 2.35. The molecule has 0 aromatic heterocycles. The molecule has 0 radical (unpaired) electrons. The third kappa shape index (κ3) is 4.63. The summed E-state index contributed by atoms with van der Waals surface area (Å²) in [6.07, 6.45) is 0.819. The third-order valence-corrected chi connectivity index (χ3v) is 3.35. The van der Waals surface area contributed by atoms with Crippen molar-refractivity contribution in [3.63, 3.8) is 0 Å². The summed E-state index contributed by atoms with van der Waals surface area (Å²) in [6, 6.07) is 5.58. The standard InChI is InChI=1S/C15H21BrN2O2/c1-5-6-18(10-14(19)17(3)4)15(20)12-7-11(2)8-13(16)9-12/h7-9H,5-6,10H2,1-4H3. The van der Waals surface area contributed by atoms with Crippen LogP contribution in [0.1, 0.15) is 29.3 Å². The Morgan fingerprint density at radius 1 is 1.20 bits per heavy atom. The number of rotatable bonds is 5. The third-order valence-electron chi connectivity index (χ3n) is 2.89. The van der Waals surface area contributed by atoms with Crippen LogP contribution in [0.15, 0.2) is 22.7 Å². The summed E-state index contributed by atoms with van der Waals surface area (Å²) in [6.45, 7) is 4.62. The van der Waals surface area contributed by atoms with Gasteiger partial charge in [0.05, 0.1) is 0 Å². The van der Waals surface area contributed by atoms with E-state index in [1.54, 1.807) is 25.1 Å². The van der Waals surface area contributed by atoms with Crippen LogP contribution in [0.25, 0.3) is 0 Å². The van der Waals surface area contributed by atoms with E-state index < -0.39 is 0 Å². The molecule has 0 heterocycles. The summed E-state index contributed by atoms with van der Waals surface area (Å²) >= 11 is 3.40. The van der Waals surface area contributed by atoms with Crippen LogP contribution >= 0.6 is 15.9 Å². The molecule has 2 amide bonds. The molecule has 0 aliphatic carbocycles. The second-order valence-corrected chi connectivity index (χ2v) is 5.95. The minimum atomic E-state index is -0.105. The van der Waals surface area contributed by atoms with Crippen LogP contribution in [0.2, 0.25) is 0 Å². The average molecular weight is 341 g/mol. The minimum absolute atomic E-state index is 0.0708. The Morgan fingerprint density at radius 2 is 1.85 bits per heavy atom. The molecule has 0 unspecified atom stereocenters. The van der Waals surface area contributed by atoms with Crippen LogP contribution in [-0.2, 0) is 4.79 Å². The number of nitrogens with zero attached hydrogens (tertiary/aromatic N) is 2. The molecule has 0 N–H and O–H groups in total. The van der Waals surface area contributed by atoms with Crippen molar-refractivity contribution in [3.05, 3.63) is 33.8 Å². The molecule has 4 nitrogen and oxygen atoms in total. The molecular formula is C15H21BrN2O2. The highest BCUT2D eigenvalue weighted by Gasteiger charge is 2.19. The van der Waals surface area contributed by atoms with Gasteiger partial charge in [-0.1, -0.05) is 22.9 Å². The SMILES string of the molecule is CCCN(CC(=O)N(C)C)C(=O)c1cc(C)cc(Br)c1. The number of carbonyl (C=O) groups excluding carboxylic acids is 2. The molecule has 0 spiro atoms. The van der Waals surface area contributed by atoms with Crippen molar-refractivity contribution in [2.24, 2.45) is 0 Å². The van der Waals surface area contributed by atoms with Crippen molar-refractivity contribution in [2.45, 2.75) is 20.3 Å². The Hall–Kier alpha value is -1.36. The summed E-state index contributed by atoms with van der Waals surface area (Å²) in [5, 5.41) is 0. The van der Waals surface area contributed by atoms with E-state index in [1.165, 1.54) is 4.90 Å². The molecule has 0 bridgehead atoms. The van der Waals surface area contributed by atoms with Gasteiger partial charge in [-0.3, -0.25) is 9.59 Å². The lowest BCUT2D eigenvalue weighted by atomic mass is 10.1. The maximum atomic E-state index is 12.5. The zero-order valence-electron chi connectivity index (χ0n) is 12.4. The van der Waals surface area contributed by atoms with Crippen LogP contribution in [-0.4, -0.2) is 48.8 Å². The summed E-state index contributed by atoms with van der Waals surface area (Å²) in [5.41, 5.74) is 1.62. The molecule has 0 saturated carbocycles. The van der Waals surface area contributed by atoms with Crippen LogP contribution in [0.5, 0.6) is 0 Å². The monoisotopic (exact) mass is 340 g/mol. The second kappa shape index (κ2) is 7.43. The number of aryl methyl sites for hydroxylation is 1. The van der Waals surface area contributed by atoms with Crippen molar-refractivity contribution in [1.29, 1.82) is 0 Å². The molecule has 1 aromatic carbocycles. The van der Waals surface area contributed by atoms with Gasteiger partial charge in [-0.25, -0.2) is 0 Å². The number of hydrogen-bond acceptors (Lipinski definition) is 2. The maximum Gasteiger partial charge on any atom is 0.254 e. The van der Waals surface area contributed by atoms with Gasteiger partial charge < -0.3 is 9.80 Å². The smallest absolute Gasteiger partial charge is 0.254 e. The van der Waals surface area contributed by atoms with Gasteiger partial charge in [-0.05, 0) is 37.1 Å². The van der Waals surface area contributed by atoms with Gasteiger partial charge in [0.25, 0.3) is 5.91 Å².